The van der Waals surface area contributed by atoms with Crippen LogP contribution in [0.2, 0.25) is 0 Å². The molecule has 2 rings (SSSR count). The first-order valence-corrected chi connectivity index (χ1v) is 7.78. The Morgan fingerprint density at radius 2 is 1.95 bits per heavy atom. The van der Waals surface area contributed by atoms with Crippen molar-refractivity contribution in [2.45, 2.75) is 51.8 Å². The molecule has 2 atom stereocenters. The standard InChI is InChI=1S/C17H28N2O/c1-13(2)20-17-9-7-15(8-10-17)14(3)19-11-5-6-16(19)12-18-4/h7-10,13-14,16,18H,5-6,11-12H2,1-4H3. The number of rotatable bonds is 6. The van der Waals surface area contributed by atoms with Crippen LogP contribution in [-0.4, -0.2) is 37.2 Å². The van der Waals surface area contributed by atoms with Crippen LogP contribution in [0, 0.1) is 0 Å². The van der Waals surface area contributed by atoms with Gasteiger partial charge in [0.25, 0.3) is 0 Å². The van der Waals surface area contributed by atoms with E-state index in [1.165, 1.54) is 24.9 Å². The molecule has 20 heavy (non-hydrogen) atoms. The minimum absolute atomic E-state index is 0.233. The van der Waals surface area contributed by atoms with Crippen LogP contribution in [0.4, 0.5) is 0 Å². The molecular formula is C17H28N2O. The molecular weight excluding hydrogens is 248 g/mol. The van der Waals surface area contributed by atoms with Gasteiger partial charge < -0.3 is 10.1 Å². The van der Waals surface area contributed by atoms with Gasteiger partial charge in [-0.15, -0.1) is 0 Å². The molecule has 0 aliphatic carbocycles. The monoisotopic (exact) mass is 276 g/mol. The van der Waals surface area contributed by atoms with E-state index in [0.29, 0.717) is 12.1 Å². The van der Waals surface area contributed by atoms with Gasteiger partial charge in [-0.25, -0.2) is 0 Å². The third-order valence-electron chi connectivity index (χ3n) is 4.09. The highest BCUT2D eigenvalue weighted by Gasteiger charge is 2.28. The number of likely N-dealkylation sites (tertiary alicyclic amines) is 1. The van der Waals surface area contributed by atoms with Crippen molar-refractivity contribution >= 4 is 0 Å². The summed E-state index contributed by atoms with van der Waals surface area (Å²) in [6, 6.07) is 9.74. The predicted octanol–water partition coefficient (Wildman–Crippen LogP) is 3.22. The van der Waals surface area contributed by atoms with Crippen molar-refractivity contribution in [3.8, 4) is 5.75 Å². The Hall–Kier alpha value is -1.06. The lowest BCUT2D eigenvalue weighted by molar-refractivity contribution is 0.191. The largest absolute Gasteiger partial charge is 0.491 e. The topological polar surface area (TPSA) is 24.5 Å². The van der Waals surface area contributed by atoms with Crippen LogP contribution in [0.5, 0.6) is 5.75 Å². The Balaban J connectivity index is 2.03. The van der Waals surface area contributed by atoms with E-state index in [2.05, 4.69) is 55.3 Å². The zero-order chi connectivity index (χ0) is 14.5. The van der Waals surface area contributed by atoms with Gasteiger partial charge in [0.05, 0.1) is 6.10 Å². The molecule has 0 radical (unpaired) electrons. The highest BCUT2D eigenvalue weighted by atomic mass is 16.5. The molecule has 1 fully saturated rings. The van der Waals surface area contributed by atoms with E-state index in [9.17, 15) is 0 Å². The molecule has 1 heterocycles. The second kappa shape index (κ2) is 7.09. The van der Waals surface area contributed by atoms with Crippen LogP contribution in [0.15, 0.2) is 24.3 Å². The number of hydrogen-bond acceptors (Lipinski definition) is 3. The summed E-state index contributed by atoms with van der Waals surface area (Å²) >= 11 is 0. The third kappa shape index (κ3) is 3.74. The lowest BCUT2D eigenvalue weighted by Crippen LogP contribution is -2.38. The molecule has 0 aromatic heterocycles. The normalized spacial score (nSPS) is 21.4. The molecule has 3 heteroatoms. The second-order valence-electron chi connectivity index (χ2n) is 6.00. The van der Waals surface area contributed by atoms with E-state index in [1.54, 1.807) is 0 Å². The van der Waals surface area contributed by atoms with Gasteiger partial charge >= 0.3 is 0 Å². The van der Waals surface area contributed by atoms with Gasteiger partial charge in [0.15, 0.2) is 0 Å². The average molecular weight is 276 g/mol. The molecule has 0 spiro atoms. The summed E-state index contributed by atoms with van der Waals surface area (Å²) in [5.41, 5.74) is 1.38. The molecule has 1 aromatic rings. The average Bonchev–Trinajstić information content (AvgIpc) is 2.87. The third-order valence-corrected chi connectivity index (χ3v) is 4.09. The summed E-state index contributed by atoms with van der Waals surface area (Å²) in [5, 5.41) is 3.31. The Morgan fingerprint density at radius 3 is 2.55 bits per heavy atom. The van der Waals surface area contributed by atoms with E-state index in [-0.39, 0.29) is 6.10 Å². The minimum atomic E-state index is 0.233. The van der Waals surface area contributed by atoms with Crippen molar-refractivity contribution in [1.82, 2.24) is 10.2 Å². The van der Waals surface area contributed by atoms with Gasteiger partial charge in [-0.3, -0.25) is 4.90 Å². The fourth-order valence-electron chi connectivity index (χ4n) is 3.11. The Kier molecular flexibility index (Phi) is 5.44. The van der Waals surface area contributed by atoms with Crippen LogP contribution < -0.4 is 10.1 Å². The quantitative estimate of drug-likeness (QED) is 0.863. The number of ether oxygens (including phenoxy) is 1. The van der Waals surface area contributed by atoms with E-state index in [0.717, 1.165) is 12.3 Å². The predicted molar refractivity (Wildman–Crippen MR) is 84.3 cm³/mol. The first-order valence-electron chi connectivity index (χ1n) is 7.78. The number of hydrogen-bond donors (Lipinski definition) is 1. The summed E-state index contributed by atoms with van der Waals surface area (Å²) in [7, 11) is 2.04. The molecule has 2 unspecified atom stereocenters. The number of nitrogens with one attached hydrogen (secondary N) is 1. The first kappa shape index (κ1) is 15.3. The fraction of sp³-hybridized carbons (Fsp3) is 0.647. The summed E-state index contributed by atoms with van der Waals surface area (Å²) in [6.45, 7) is 8.72. The Labute approximate surface area is 123 Å². The van der Waals surface area contributed by atoms with E-state index in [1.807, 2.05) is 7.05 Å². The van der Waals surface area contributed by atoms with Crippen LogP contribution in [0.1, 0.15) is 45.2 Å². The summed E-state index contributed by atoms with van der Waals surface area (Å²) in [6.07, 6.45) is 2.85. The SMILES string of the molecule is CNCC1CCCN1C(C)c1ccc(OC(C)C)cc1. The van der Waals surface area contributed by atoms with Crippen LogP contribution in [0.25, 0.3) is 0 Å². The lowest BCUT2D eigenvalue weighted by atomic mass is 10.1. The number of benzene rings is 1. The molecule has 112 valence electrons. The molecule has 1 aromatic carbocycles. The van der Waals surface area contributed by atoms with Crippen molar-refractivity contribution in [3.63, 3.8) is 0 Å². The van der Waals surface area contributed by atoms with Crippen LogP contribution in [-0.2, 0) is 0 Å². The summed E-state index contributed by atoms with van der Waals surface area (Å²) in [5.74, 6) is 0.962. The maximum Gasteiger partial charge on any atom is 0.119 e. The Bertz CT molecular complexity index is 402. The first-order chi connectivity index (χ1) is 9.61. The molecule has 0 saturated carbocycles. The molecule has 0 amide bonds. The molecule has 3 nitrogen and oxygen atoms in total. The smallest absolute Gasteiger partial charge is 0.119 e. The van der Waals surface area contributed by atoms with Gasteiger partial charge in [0, 0.05) is 18.6 Å². The van der Waals surface area contributed by atoms with Crippen molar-refractivity contribution < 1.29 is 4.74 Å². The minimum Gasteiger partial charge on any atom is -0.491 e. The lowest BCUT2D eigenvalue weighted by Gasteiger charge is -2.31. The summed E-state index contributed by atoms with van der Waals surface area (Å²) < 4.78 is 5.71. The van der Waals surface area contributed by atoms with Gasteiger partial charge in [0.2, 0.25) is 0 Å². The van der Waals surface area contributed by atoms with Crippen LogP contribution in [0.3, 0.4) is 0 Å². The summed E-state index contributed by atoms with van der Waals surface area (Å²) in [4.78, 5) is 2.62. The molecule has 1 saturated heterocycles. The van der Waals surface area contributed by atoms with Gasteiger partial charge in [-0.05, 0) is 64.9 Å². The molecule has 1 aliphatic heterocycles. The fourth-order valence-corrected chi connectivity index (χ4v) is 3.11. The molecule has 1 N–H and O–H groups in total. The van der Waals surface area contributed by atoms with E-state index < -0.39 is 0 Å². The van der Waals surface area contributed by atoms with Crippen molar-refractivity contribution in [1.29, 1.82) is 0 Å². The maximum atomic E-state index is 5.71. The highest BCUT2D eigenvalue weighted by molar-refractivity contribution is 5.29. The molecule has 0 bridgehead atoms. The van der Waals surface area contributed by atoms with Crippen LogP contribution >= 0.6 is 0 Å². The van der Waals surface area contributed by atoms with Crippen molar-refractivity contribution in [3.05, 3.63) is 29.8 Å². The Morgan fingerprint density at radius 1 is 1.25 bits per heavy atom. The zero-order valence-electron chi connectivity index (χ0n) is 13.2. The number of likely N-dealkylation sites (N-methyl/N-ethyl adjacent to an activating group) is 1. The van der Waals surface area contributed by atoms with Gasteiger partial charge in [-0.1, -0.05) is 12.1 Å². The second-order valence-corrected chi connectivity index (χ2v) is 6.00. The van der Waals surface area contributed by atoms with Crippen molar-refractivity contribution in [2.24, 2.45) is 0 Å². The van der Waals surface area contributed by atoms with Crippen molar-refractivity contribution in [2.75, 3.05) is 20.1 Å². The maximum absolute atomic E-state index is 5.71. The van der Waals surface area contributed by atoms with Gasteiger partial charge in [0.1, 0.15) is 5.75 Å². The zero-order valence-corrected chi connectivity index (χ0v) is 13.2. The highest BCUT2D eigenvalue weighted by Crippen LogP contribution is 2.29. The number of nitrogens with zero attached hydrogens (tertiary/aromatic N) is 1. The van der Waals surface area contributed by atoms with E-state index in [4.69, 9.17) is 4.74 Å². The van der Waals surface area contributed by atoms with E-state index >= 15 is 0 Å². The molecule has 1 aliphatic rings. The van der Waals surface area contributed by atoms with Gasteiger partial charge in [-0.2, -0.15) is 0 Å².